The van der Waals surface area contributed by atoms with Crippen molar-refractivity contribution in [3.63, 3.8) is 0 Å². The molecule has 0 aromatic heterocycles. The Morgan fingerprint density at radius 3 is 2.77 bits per heavy atom. The van der Waals surface area contributed by atoms with E-state index in [9.17, 15) is 4.79 Å². The summed E-state index contributed by atoms with van der Waals surface area (Å²) in [7, 11) is 0. The number of nitrogens with one attached hydrogen (secondary N) is 1. The first-order valence-corrected chi connectivity index (χ1v) is 4.69. The minimum atomic E-state index is 0.187. The Hall–Kier alpha value is -1.01. The Balaban J connectivity index is 2.30. The highest BCUT2D eigenvalue weighted by molar-refractivity contribution is 5.76. The number of nitrogens with zero attached hydrogens (tertiary/aromatic N) is 1. The monoisotopic (exact) mass is 180 g/mol. The lowest BCUT2D eigenvalue weighted by atomic mass is 9.99. The smallest absolute Gasteiger partial charge is 0.223 e. The molecule has 1 rings (SSSR count). The summed E-state index contributed by atoms with van der Waals surface area (Å²) in [5, 5.41) is 3.14. The summed E-state index contributed by atoms with van der Waals surface area (Å²) < 4.78 is 0. The first-order valence-electron chi connectivity index (χ1n) is 4.69. The van der Waals surface area contributed by atoms with Gasteiger partial charge in [0.15, 0.2) is 0 Å². The second-order valence-electron chi connectivity index (χ2n) is 3.34. The average molecular weight is 180 g/mol. The van der Waals surface area contributed by atoms with E-state index < -0.39 is 0 Å². The second kappa shape index (κ2) is 4.88. The molecule has 1 heterocycles. The Labute approximate surface area is 79.5 Å². The van der Waals surface area contributed by atoms with Crippen molar-refractivity contribution in [2.45, 2.75) is 13.3 Å². The maximum absolute atomic E-state index is 11.6. The van der Waals surface area contributed by atoms with Crippen LogP contribution in [0, 0.1) is 18.3 Å². The average Bonchev–Trinajstić information content (AvgIpc) is 2.07. The molecule has 0 atom stereocenters. The van der Waals surface area contributed by atoms with Crippen LogP contribution in [0.4, 0.5) is 0 Å². The van der Waals surface area contributed by atoms with Crippen molar-refractivity contribution in [1.82, 2.24) is 10.2 Å². The quantitative estimate of drug-likeness (QED) is 0.621. The zero-order valence-corrected chi connectivity index (χ0v) is 8.05. The molecule has 1 aliphatic rings. The van der Waals surface area contributed by atoms with E-state index >= 15 is 0 Å². The molecule has 1 aliphatic heterocycles. The van der Waals surface area contributed by atoms with Gasteiger partial charge in [-0.05, 0) is 25.9 Å². The normalized spacial score (nSPS) is 16.0. The number of carbonyl (C=O) groups excluding carboxylic acids is 1. The van der Waals surface area contributed by atoms with Crippen LogP contribution in [-0.2, 0) is 4.79 Å². The summed E-state index contributed by atoms with van der Waals surface area (Å²) >= 11 is 0. The van der Waals surface area contributed by atoms with Crippen LogP contribution < -0.4 is 5.32 Å². The lowest BCUT2D eigenvalue weighted by Gasteiger charge is -2.28. The number of rotatable bonds is 4. The summed E-state index contributed by atoms with van der Waals surface area (Å²) in [5.41, 5.74) is 0. The molecule has 3 nitrogen and oxygen atoms in total. The molecule has 13 heavy (non-hydrogen) atoms. The van der Waals surface area contributed by atoms with Crippen molar-refractivity contribution in [2.75, 3.05) is 26.2 Å². The van der Waals surface area contributed by atoms with Gasteiger partial charge in [0.25, 0.3) is 0 Å². The standard InChI is InChI=1S/C10H16N2O/c1-3-5-12(4-2)10(13)6-9-7-11-8-9/h1,9,11H,4-8H2,2H3. The lowest BCUT2D eigenvalue weighted by molar-refractivity contribution is -0.131. The molecule has 1 N–H and O–H groups in total. The minimum absolute atomic E-state index is 0.187. The van der Waals surface area contributed by atoms with E-state index in [0.29, 0.717) is 25.4 Å². The van der Waals surface area contributed by atoms with E-state index in [4.69, 9.17) is 6.42 Å². The van der Waals surface area contributed by atoms with Gasteiger partial charge in [0, 0.05) is 13.0 Å². The molecule has 0 unspecified atom stereocenters. The fraction of sp³-hybridized carbons (Fsp3) is 0.700. The first-order chi connectivity index (χ1) is 6.27. The fourth-order valence-corrected chi connectivity index (χ4v) is 1.36. The molecule has 0 aromatic rings. The number of amides is 1. The summed E-state index contributed by atoms with van der Waals surface area (Å²) in [5.74, 6) is 3.21. The van der Waals surface area contributed by atoms with Crippen molar-refractivity contribution in [2.24, 2.45) is 5.92 Å². The SMILES string of the molecule is C#CCN(CC)C(=O)CC1CNC1. The number of hydrogen-bond acceptors (Lipinski definition) is 2. The third kappa shape index (κ3) is 2.74. The van der Waals surface area contributed by atoms with Gasteiger partial charge in [-0.3, -0.25) is 4.79 Å². The van der Waals surface area contributed by atoms with Crippen LogP contribution in [0.3, 0.4) is 0 Å². The molecule has 0 radical (unpaired) electrons. The van der Waals surface area contributed by atoms with Gasteiger partial charge in [-0.1, -0.05) is 5.92 Å². The van der Waals surface area contributed by atoms with Crippen molar-refractivity contribution < 1.29 is 4.79 Å². The van der Waals surface area contributed by atoms with E-state index in [1.807, 2.05) is 6.92 Å². The first kappa shape index (κ1) is 10.1. The van der Waals surface area contributed by atoms with Gasteiger partial charge in [-0.25, -0.2) is 0 Å². The van der Waals surface area contributed by atoms with Gasteiger partial charge >= 0.3 is 0 Å². The van der Waals surface area contributed by atoms with Crippen molar-refractivity contribution in [3.05, 3.63) is 0 Å². The summed E-state index contributed by atoms with van der Waals surface area (Å²) in [6.45, 7) is 5.05. The van der Waals surface area contributed by atoms with E-state index in [1.54, 1.807) is 4.90 Å². The number of terminal acetylenes is 1. The topological polar surface area (TPSA) is 32.3 Å². The summed E-state index contributed by atoms with van der Waals surface area (Å²) in [6, 6.07) is 0. The van der Waals surface area contributed by atoms with Crippen LogP contribution in [0.2, 0.25) is 0 Å². The van der Waals surface area contributed by atoms with Crippen LogP contribution in [0.15, 0.2) is 0 Å². The summed E-state index contributed by atoms with van der Waals surface area (Å²) in [6.07, 6.45) is 5.81. The third-order valence-corrected chi connectivity index (χ3v) is 2.35. The van der Waals surface area contributed by atoms with E-state index in [-0.39, 0.29) is 5.91 Å². The number of hydrogen-bond donors (Lipinski definition) is 1. The van der Waals surface area contributed by atoms with Gasteiger partial charge in [0.05, 0.1) is 6.54 Å². The Morgan fingerprint density at radius 2 is 2.38 bits per heavy atom. The van der Waals surface area contributed by atoms with E-state index in [1.165, 1.54) is 0 Å². The Morgan fingerprint density at radius 1 is 1.69 bits per heavy atom. The molecule has 0 saturated carbocycles. The van der Waals surface area contributed by atoms with Gasteiger partial charge < -0.3 is 10.2 Å². The highest BCUT2D eigenvalue weighted by Crippen LogP contribution is 2.10. The zero-order chi connectivity index (χ0) is 9.68. The maximum Gasteiger partial charge on any atom is 0.223 e. The fourth-order valence-electron chi connectivity index (χ4n) is 1.36. The minimum Gasteiger partial charge on any atom is -0.332 e. The zero-order valence-electron chi connectivity index (χ0n) is 8.05. The van der Waals surface area contributed by atoms with Gasteiger partial charge in [-0.15, -0.1) is 6.42 Å². The molecular weight excluding hydrogens is 164 g/mol. The molecule has 0 aliphatic carbocycles. The molecule has 0 spiro atoms. The molecule has 0 bridgehead atoms. The highest BCUT2D eigenvalue weighted by Gasteiger charge is 2.22. The van der Waals surface area contributed by atoms with Gasteiger partial charge in [0.2, 0.25) is 5.91 Å². The van der Waals surface area contributed by atoms with Crippen LogP contribution in [-0.4, -0.2) is 37.0 Å². The second-order valence-corrected chi connectivity index (χ2v) is 3.34. The predicted molar refractivity (Wildman–Crippen MR) is 52.1 cm³/mol. The van der Waals surface area contributed by atoms with Gasteiger partial charge in [0.1, 0.15) is 0 Å². The molecule has 1 saturated heterocycles. The predicted octanol–water partition coefficient (Wildman–Crippen LogP) is 0.0776. The molecule has 3 heteroatoms. The largest absolute Gasteiger partial charge is 0.332 e. The molecule has 1 amide bonds. The lowest BCUT2D eigenvalue weighted by Crippen LogP contribution is -2.45. The molecule has 72 valence electrons. The highest BCUT2D eigenvalue weighted by atomic mass is 16.2. The van der Waals surface area contributed by atoms with Crippen LogP contribution >= 0.6 is 0 Å². The number of carbonyl (C=O) groups is 1. The van der Waals surface area contributed by atoms with Gasteiger partial charge in [-0.2, -0.15) is 0 Å². The molecule has 0 aromatic carbocycles. The van der Waals surface area contributed by atoms with Crippen LogP contribution in [0.5, 0.6) is 0 Å². The van der Waals surface area contributed by atoms with Crippen molar-refractivity contribution in [1.29, 1.82) is 0 Å². The maximum atomic E-state index is 11.6. The van der Waals surface area contributed by atoms with Crippen molar-refractivity contribution in [3.8, 4) is 12.3 Å². The van der Waals surface area contributed by atoms with Crippen LogP contribution in [0.25, 0.3) is 0 Å². The van der Waals surface area contributed by atoms with E-state index in [2.05, 4.69) is 11.2 Å². The molecular formula is C10H16N2O. The molecule has 1 fully saturated rings. The Kier molecular flexibility index (Phi) is 3.78. The van der Waals surface area contributed by atoms with Crippen molar-refractivity contribution >= 4 is 5.91 Å². The van der Waals surface area contributed by atoms with Crippen LogP contribution in [0.1, 0.15) is 13.3 Å². The Bertz CT molecular complexity index is 215. The van der Waals surface area contributed by atoms with E-state index in [0.717, 1.165) is 13.1 Å². The summed E-state index contributed by atoms with van der Waals surface area (Å²) in [4.78, 5) is 13.3. The third-order valence-electron chi connectivity index (χ3n) is 2.35.